The van der Waals surface area contributed by atoms with Crippen LogP contribution in [0.3, 0.4) is 0 Å². The SMILES string of the molecule is C[C@@H](NC(=O)c1ncnc(N)c1CN1CCCC1)c1cc(C(=O)Nc2ccc(N)c(C(F)(F)F)c2)on1. The highest BCUT2D eigenvalue weighted by atomic mass is 19.4. The lowest BCUT2D eigenvalue weighted by molar-refractivity contribution is -0.136. The maximum Gasteiger partial charge on any atom is 0.418 e. The van der Waals surface area contributed by atoms with Gasteiger partial charge in [-0.2, -0.15) is 13.2 Å². The van der Waals surface area contributed by atoms with Crippen molar-refractivity contribution in [3.63, 3.8) is 0 Å². The molecule has 196 valence electrons. The predicted octanol–water partition coefficient (Wildman–Crippen LogP) is 2.99. The second-order valence-electron chi connectivity index (χ2n) is 8.63. The molecule has 3 heterocycles. The van der Waals surface area contributed by atoms with Gasteiger partial charge in [0.2, 0.25) is 5.76 Å². The van der Waals surface area contributed by atoms with Crippen molar-refractivity contribution in [3.05, 3.63) is 58.9 Å². The van der Waals surface area contributed by atoms with Crippen molar-refractivity contribution in [2.45, 2.75) is 38.5 Å². The smallest absolute Gasteiger partial charge is 0.398 e. The van der Waals surface area contributed by atoms with E-state index in [1.54, 1.807) is 6.92 Å². The Bertz CT molecular complexity index is 1300. The number of alkyl halides is 3. The van der Waals surface area contributed by atoms with E-state index in [1.165, 1.54) is 18.5 Å². The maximum atomic E-state index is 13.1. The molecule has 1 atom stereocenters. The number of likely N-dealkylation sites (tertiary alicyclic amines) is 1. The summed E-state index contributed by atoms with van der Waals surface area (Å²) >= 11 is 0. The van der Waals surface area contributed by atoms with Crippen LogP contribution >= 0.6 is 0 Å². The van der Waals surface area contributed by atoms with Crippen LogP contribution in [0.2, 0.25) is 0 Å². The number of benzene rings is 1. The summed E-state index contributed by atoms with van der Waals surface area (Å²) in [5.41, 5.74) is 10.6. The third kappa shape index (κ3) is 5.97. The van der Waals surface area contributed by atoms with E-state index >= 15 is 0 Å². The topological polar surface area (TPSA) is 165 Å². The minimum absolute atomic E-state index is 0.127. The summed E-state index contributed by atoms with van der Waals surface area (Å²) in [7, 11) is 0. The van der Waals surface area contributed by atoms with E-state index in [0.29, 0.717) is 12.1 Å². The largest absolute Gasteiger partial charge is 0.418 e. The molecule has 1 aromatic carbocycles. The highest BCUT2D eigenvalue weighted by Crippen LogP contribution is 2.35. The van der Waals surface area contributed by atoms with Gasteiger partial charge in [0.05, 0.1) is 11.6 Å². The van der Waals surface area contributed by atoms with Crippen LogP contribution in [0.5, 0.6) is 0 Å². The van der Waals surface area contributed by atoms with E-state index in [0.717, 1.165) is 38.1 Å². The Hall–Kier alpha value is -4.20. The number of halogens is 3. The molecule has 0 bridgehead atoms. The van der Waals surface area contributed by atoms with Crippen LogP contribution in [-0.4, -0.2) is 44.9 Å². The van der Waals surface area contributed by atoms with E-state index in [4.69, 9.17) is 16.0 Å². The molecule has 0 unspecified atom stereocenters. The summed E-state index contributed by atoms with van der Waals surface area (Å²) < 4.78 is 44.3. The number of hydrogen-bond acceptors (Lipinski definition) is 9. The van der Waals surface area contributed by atoms with E-state index in [2.05, 4.69) is 30.7 Å². The summed E-state index contributed by atoms with van der Waals surface area (Å²) in [5, 5.41) is 8.86. The van der Waals surface area contributed by atoms with Crippen LogP contribution in [0.15, 0.2) is 35.1 Å². The number of rotatable bonds is 7. The van der Waals surface area contributed by atoms with Crippen molar-refractivity contribution < 1.29 is 27.3 Å². The van der Waals surface area contributed by atoms with Crippen molar-refractivity contribution in [3.8, 4) is 0 Å². The van der Waals surface area contributed by atoms with E-state index < -0.39 is 35.3 Å². The number of hydrogen-bond donors (Lipinski definition) is 4. The molecule has 1 saturated heterocycles. The lowest BCUT2D eigenvalue weighted by Crippen LogP contribution is -2.30. The van der Waals surface area contributed by atoms with Crippen molar-refractivity contribution in [2.75, 3.05) is 29.9 Å². The quantitative estimate of drug-likeness (QED) is 0.344. The number of aromatic nitrogens is 3. The molecule has 0 aliphatic carbocycles. The van der Waals surface area contributed by atoms with Gasteiger partial charge in [-0.3, -0.25) is 14.5 Å². The first-order valence-corrected chi connectivity index (χ1v) is 11.4. The van der Waals surface area contributed by atoms with Gasteiger partial charge in [0.15, 0.2) is 0 Å². The number of nitrogens with one attached hydrogen (secondary N) is 2. The van der Waals surface area contributed by atoms with Crippen LogP contribution in [0, 0.1) is 0 Å². The summed E-state index contributed by atoms with van der Waals surface area (Å²) in [5.74, 6) is -1.38. The van der Waals surface area contributed by atoms with Crippen LogP contribution in [-0.2, 0) is 12.7 Å². The summed E-state index contributed by atoms with van der Waals surface area (Å²) in [6, 6.07) is 3.58. The Kier molecular flexibility index (Phi) is 7.29. The second kappa shape index (κ2) is 10.4. The van der Waals surface area contributed by atoms with Crippen molar-refractivity contribution in [2.24, 2.45) is 0 Å². The lowest BCUT2D eigenvalue weighted by Gasteiger charge is -2.18. The molecule has 0 spiro atoms. The van der Waals surface area contributed by atoms with Crippen LogP contribution in [0.25, 0.3) is 0 Å². The molecular weight excluding hydrogens is 493 g/mol. The Morgan fingerprint density at radius 3 is 2.57 bits per heavy atom. The second-order valence-corrected chi connectivity index (χ2v) is 8.63. The first kappa shape index (κ1) is 25.9. The average molecular weight is 519 g/mol. The first-order valence-electron chi connectivity index (χ1n) is 11.4. The molecule has 0 saturated carbocycles. The van der Waals surface area contributed by atoms with E-state index in [1.807, 2.05) is 0 Å². The van der Waals surface area contributed by atoms with Crippen molar-refractivity contribution >= 4 is 29.0 Å². The molecule has 37 heavy (non-hydrogen) atoms. The summed E-state index contributed by atoms with van der Waals surface area (Å²) in [6.45, 7) is 3.85. The molecule has 1 aliphatic rings. The molecule has 14 heteroatoms. The molecule has 1 fully saturated rings. The van der Waals surface area contributed by atoms with Gasteiger partial charge in [0, 0.05) is 29.5 Å². The van der Waals surface area contributed by atoms with Gasteiger partial charge >= 0.3 is 6.18 Å². The van der Waals surface area contributed by atoms with Crippen LogP contribution in [0.4, 0.5) is 30.4 Å². The fraction of sp³-hybridized carbons (Fsp3) is 0.348. The number of amides is 2. The lowest BCUT2D eigenvalue weighted by atomic mass is 10.1. The Morgan fingerprint density at radius 1 is 1.14 bits per heavy atom. The number of carbonyl (C=O) groups is 2. The molecule has 6 N–H and O–H groups in total. The zero-order valence-corrected chi connectivity index (χ0v) is 19.8. The Morgan fingerprint density at radius 2 is 1.86 bits per heavy atom. The summed E-state index contributed by atoms with van der Waals surface area (Å²) in [4.78, 5) is 35.8. The van der Waals surface area contributed by atoms with Crippen molar-refractivity contribution in [1.82, 2.24) is 25.3 Å². The molecule has 11 nitrogen and oxygen atoms in total. The molecule has 4 rings (SSSR count). The highest BCUT2D eigenvalue weighted by molar-refractivity contribution is 6.02. The number of nitrogens with two attached hydrogens (primary N) is 2. The van der Waals surface area contributed by atoms with Crippen LogP contribution in [0.1, 0.15) is 63.7 Å². The Balaban J connectivity index is 1.44. The fourth-order valence-corrected chi connectivity index (χ4v) is 3.95. The van der Waals surface area contributed by atoms with Gasteiger partial charge in [-0.1, -0.05) is 5.16 Å². The average Bonchev–Trinajstić information content (AvgIpc) is 3.53. The van der Waals surface area contributed by atoms with Gasteiger partial charge < -0.3 is 26.6 Å². The Labute approximate surface area is 209 Å². The maximum absolute atomic E-state index is 13.1. The number of nitrogens with zero attached hydrogens (tertiary/aromatic N) is 4. The number of nitrogen functional groups attached to an aromatic ring is 2. The molecular formula is C23H25F3N8O3. The predicted molar refractivity (Wildman–Crippen MR) is 127 cm³/mol. The monoisotopic (exact) mass is 518 g/mol. The van der Waals surface area contributed by atoms with Gasteiger partial charge in [0.1, 0.15) is 23.5 Å². The zero-order valence-electron chi connectivity index (χ0n) is 19.8. The molecule has 1 aliphatic heterocycles. The molecule has 2 amide bonds. The highest BCUT2D eigenvalue weighted by Gasteiger charge is 2.33. The first-order chi connectivity index (χ1) is 17.5. The van der Waals surface area contributed by atoms with Gasteiger partial charge in [0.25, 0.3) is 11.8 Å². The van der Waals surface area contributed by atoms with Crippen LogP contribution < -0.4 is 22.1 Å². The van der Waals surface area contributed by atoms with Gasteiger partial charge in [-0.15, -0.1) is 0 Å². The molecule has 3 aromatic rings. The standard InChI is InChI=1S/C23H25F3N8O3/c1-12(31-22(36)19-14(20(28)30-11-29-19)10-34-6-2-3-7-34)17-9-18(37-33-17)21(35)32-13-4-5-16(27)15(8-13)23(24,25)26/h4-5,8-9,11-12H,2-3,6-7,10,27H2,1H3,(H,31,36)(H,32,35)(H2,28,29,30)/t12-/m1/s1. The third-order valence-electron chi connectivity index (χ3n) is 5.93. The minimum atomic E-state index is -4.68. The van der Waals surface area contributed by atoms with Gasteiger partial charge in [-0.05, 0) is 51.1 Å². The molecule has 2 aromatic heterocycles. The third-order valence-corrected chi connectivity index (χ3v) is 5.93. The van der Waals surface area contributed by atoms with E-state index in [-0.39, 0.29) is 28.7 Å². The number of carbonyl (C=O) groups excluding carboxylic acids is 2. The van der Waals surface area contributed by atoms with Gasteiger partial charge in [-0.25, -0.2) is 9.97 Å². The zero-order chi connectivity index (χ0) is 26.7. The van der Waals surface area contributed by atoms with E-state index in [9.17, 15) is 22.8 Å². The fourth-order valence-electron chi connectivity index (χ4n) is 3.95. The van der Waals surface area contributed by atoms with Crippen molar-refractivity contribution in [1.29, 1.82) is 0 Å². The summed E-state index contributed by atoms with van der Waals surface area (Å²) in [6.07, 6.45) is -1.34. The minimum Gasteiger partial charge on any atom is -0.398 e. The molecule has 0 radical (unpaired) electrons. The normalized spacial score (nSPS) is 14.9. The number of anilines is 3.